The van der Waals surface area contributed by atoms with Gasteiger partial charge in [0.15, 0.2) is 8.38 Å². The Kier molecular flexibility index (Phi) is 9.11. The third-order valence-corrected chi connectivity index (χ3v) is 4.19. The zero-order valence-electron chi connectivity index (χ0n) is 11.6. The van der Waals surface area contributed by atoms with Gasteiger partial charge in [-0.1, -0.05) is 57.0 Å². The normalized spacial score (nSPS) is 11.1. The van der Waals surface area contributed by atoms with Crippen LogP contribution in [0.3, 0.4) is 0 Å². The smallest absolute Gasteiger partial charge is 0.175 e. The third kappa shape index (κ3) is 7.10. The van der Waals surface area contributed by atoms with Crippen LogP contribution in [0.5, 0.6) is 0 Å². The summed E-state index contributed by atoms with van der Waals surface area (Å²) in [4.78, 5) is 0. The van der Waals surface area contributed by atoms with Gasteiger partial charge in [-0.15, -0.1) is 0 Å². The minimum Gasteiger partial charge on any atom is -0.334 e. The molecule has 102 valence electrons. The van der Waals surface area contributed by atoms with Crippen molar-refractivity contribution in [2.24, 2.45) is 0 Å². The molecule has 3 heteroatoms. The summed E-state index contributed by atoms with van der Waals surface area (Å²) in [6.07, 6.45) is 5.48. The zero-order valence-corrected chi connectivity index (χ0v) is 12.5. The Morgan fingerprint density at radius 3 is 1.94 bits per heavy atom. The number of hydrogen-bond acceptors (Lipinski definition) is 2. The van der Waals surface area contributed by atoms with Crippen molar-refractivity contribution >= 4 is 8.38 Å². The monoisotopic (exact) mass is 268 g/mol. The van der Waals surface area contributed by atoms with E-state index in [2.05, 4.69) is 38.1 Å². The van der Waals surface area contributed by atoms with Crippen molar-refractivity contribution in [3.8, 4) is 0 Å². The first kappa shape index (κ1) is 15.6. The first-order chi connectivity index (χ1) is 8.86. The summed E-state index contributed by atoms with van der Waals surface area (Å²) in [5, 5.41) is 0. The highest BCUT2D eigenvalue weighted by Gasteiger charge is 2.11. The number of benzene rings is 1. The van der Waals surface area contributed by atoms with E-state index in [-0.39, 0.29) is 0 Å². The molecule has 0 radical (unpaired) electrons. The van der Waals surface area contributed by atoms with Crippen LogP contribution in [0.15, 0.2) is 30.3 Å². The Balaban J connectivity index is 2.37. The lowest BCUT2D eigenvalue weighted by Gasteiger charge is -2.17. The van der Waals surface area contributed by atoms with Crippen LogP contribution in [0.4, 0.5) is 0 Å². The molecule has 0 unspecified atom stereocenters. The van der Waals surface area contributed by atoms with Crippen molar-refractivity contribution in [3.05, 3.63) is 35.9 Å². The molecule has 0 spiro atoms. The van der Waals surface area contributed by atoms with Gasteiger partial charge in [0.05, 0.1) is 13.2 Å². The summed E-state index contributed by atoms with van der Waals surface area (Å²) < 4.78 is 11.8. The molecular formula is C15H25O2P. The minimum absolute atomic E-state index is 0.760. The highest BCUT2D eigenvalue weighted by Crippen LogP contribution is 2.42. The van der Waals surface area contributed by atoms with Gasteiger partial charge in [-0.05, 0) is 18.4 Å². The average molecular weight is 268 g/mol. The van der Waals surface area contributed by atoms with Crippen LogP contribution in [-0.4, -0.2) is 13.2 Å². The molecule has 0 aliphatic carbocycles. The van der Waals surface area contributed by atoms with E-state index in [1.54, 1.807) is 0 Å². The van der Waals surface area contributed by atoms with Gasteiger partial charge in [-0.2, -0.15) is 0 Å². The first-order valence-corrected chi connectivity index (χ1v) is 8.30. The van der Waals surface area contributed by atoms with Gasteiger partial charge >= 0.3 is 0 Å². The van der Waals surface area contributed by atoms with Crippen LogP contribution in [0.2, 0.25) is 0 Å². The fourth-order valence-corrected chi connectivity index (χ4v) is 2.91. The average Bonchev–Trinajstić information content (AvgIpc) is 2.40. The minimum atomic E-state index is -0.760. The van der Waals surface area contributed by atoms with E-state index >= 15 is 0 Å². The van der Waals surface area contributed by atoms with Crippen LogP contribution >= 0.6 is 8.38 Å². The van der Waals surface area contributed by atoms with Crippen molar-refractivity contribution in [1.82, 2.24) is 0 Å². The molecule has 0 amide bonds. The second-order valence-electron chi connectivity index (χ2n) is 4.35. The van der Waals surface area contributed by atoms with Crippen LogP contribution in [0.25, 0.3) is 0 Å². The Morgan fingerprint density at radius 2 is 1.44 bits per heavy atom. The van der Waals surface area contributed by atoms with Crippen LogP contribution < -0.4 is 0 Å². The Bertz CT molecular complexity index is 280. The second kappa shape index (κ2) is 10.5. The molecule has 0 fully saturated rings. The highest BCUT2D eigenvalue weighted by atomic mass is 31.2. The summed E-state index contributed by atoms with van der Waals surface area (Å²) in [6, 6.07) is 10.5. The maximum Gasteiger partial charge on any atom is 0.175 e. The summed E-state index contributed by atoms with van der Waals surface area (Å²) in [5.41, 5.74) is 1.30. The maximum absolute atomic E-state index is 5.88. The van der Waals surface area contributed by atoms with E-state index in [0.29, 0.717) is 0 Å². The summed E-state index contributed by atoms with van der Waals surface area (Å²) in [6.45, 7) is 6.00. The van der Waals surface area contributed by atoms with E-state index in [0.717, 1.165) is 32.2 Å². The predicted octanol–water partition coefficient (Wildman–Crippen LogP) is 5.13. The largest absolute Gasteiger partial charge is 0.334 e. The molecule has 0 saturated carbocycles. The molecule has 0 aliphatic heterocycles. The molecule has 0 aliphatic rings. The topological polar surface area (TPSA) is 18.5 Å². The Hall–Kier alpha value is -0.430. The molecule has 0 aromatic heterocycles. The molecule has 0 N–H and O–H groups in total. The molecule has 0 bridgehead atoms. The van der Waals surface area contributed by atoms with Gasteiger partial charge < -0.3 is 9.05 Å². The standard InChI is InChI=1S/C15H25O2P/c1-3-5-12-16-18(17-13-6-4-2)14-15-10-8-7-9-11-15/h7-11H,3-6,12-14H2,1-2H3. The molecule has 0 atom stereocenters. The molecule has 2 nitrogen and oxygen atoms in total. The van der Waals surface area contributed by atoms with E-state index in [4.69, 9.17) is 9.05 Å². The van der Waals surface area contributed by atoms with Gasteiger partial charge in [-0.3, -0.25) is 0 Å². The molecule has 0 saturated heterocycles. The lowest BCUT2D eigenvalue weighted by molar-refractivity contribution is 0.242. The quantitative estimate of drug-likeness (QED) is 0.432. The molecule has 1 aromatic rings. The lowest BCUT2D eigenvalue weighted by atomic mass is 10.2. The Labute approximate surface area is 113 Å². The van der Waals surface area contributed by atoms with Gasteiger partial charge in [-0.25, -0.2) is 0 Å². The zero-order chi connectivity index (χ0) is 13.1. The van der Waals surface area contributed by atoms with Crippen molar-refractivity contribution in [2.45, 2.75) is 45.7 Å². The fraction of sp³-hybridized carbons (Fsp3) is 0.600. The summed E-state index contributed by atoms with van der Waals surface area (Å²) in [7, 11) is -0.760. The molecule has 1 rings (SSSR count). The summed E-state index contributed by atoms with van der Waals surface area (Å²) >= 11 is 0. The van der Waals surface area contributed by atoms with Gasteiger partial charge in [0.1, 0.15) is 0 Å². The SMILES string of the molecule is CCCCOP(Cc1ccccc1)OCCCC. The van der Waals surface area contributed by atoms with E-state index < -0.39 is 8.38 Å². The van der Waals surface area contributed by atoms with Gasteiger partial charge in [0.25, 0.3) is 0 Å². The number of hydrogen-bond donors (Lipinski definition) is 0. The Morgan fingerprint density at radius 1 is 0.889 bits per heavy atom. The van der Waals surface area contributed by atoms with E-state index in [9.17, 15) is 0 Å². The van der Waals surface area contributed by atoms with Crippen LogP contribution in [0.1, 0.15) is 45.1 Å². The van der Waals surface area contributed by atoms with Gasteiger partial charge in [0, 0.05) is 6.16 Å². The van der Waals surface area contributed by atoms with E-state index in [1.165, 1.54) is 18.4 Å². The fourth-order valence-electron chi connectivity index (χ4n) is 1.48. The van der Waals surface area contributed by atoms with Crippen LogP contribution in [0, 0.1) is 0 Å². The van der Waals surface area contributed by atoms with Crippen molar-refractivity contribution < 1.29 is 9.05 Å². The van der Waals surface area contributed by atoms with Crippen LogP contribution in [-0.2, 0) is 15.2 Å². The predicted molar refractivity (Wildman–Crippen MR) is 78.8 cm³/mol. The van der Waals surface area contributed by atoms with Gasteiger partial charge in [0.2, 0.25) is 0 Å². The number of rotatable bonds is 10. The first-order valence-electron chi connectivity index (χ1n) is 6.94. The maximum atomic E-state index is 5.88. The number of unbranched alkanes of at least 4 members (excludes halogenated alkanes) is 2. The molecule has 18 heavy (non-hydrogen) atoms. The van der Waals surface area contributed by atoms with Crippen molar-refractivity contribution in [3.63, 3.8) is 0 Å². The van der Waals surface area contributed by atoms with E-state index in [1.807, 2.05) is 6.07 Å². The molecule has 0 heterocycles. The molecular weight excluding hydrogens is 243 g/mol. The van der Waals surface area contributed by atoms with Crippen molar-refractivity contribution in [2.75, 3.05) is 13.2 Å². The molecule has 1 aromatic carbocycles. The lowest BCUT2D eigenvalue weighted by Crippen LogP contribution is -1.98. The summed E-state index contributed by atoms with van der Waals surface area (Å²) in [5.74, 6) is 0. The second-order valence-corrected chi connectivity index (χ2v) is 5.85. The third-order valence-electron chi connectivity index (χ3n) is 2.62. The highest BCUT2D eigenvalue weighted by molar-refractivity contribution is 7.46. The van der Waals surface area contributed by atoms with Crippen molar-refractivity contribution in [1.29, 1.82) is 0 Å².